The minimum Gasteiger partial charge on any atom is -0.322 e. The third-order valence-corrected chi connectivity index (χ3v) is 0.927. The Morgan fingerprint density at radius 2 is 1.45 bits per heavy atom. The second-order valence-electron chi connectivity index (χ2n) is 1.96. The standard InChI is InChI=1S/C5H11NO.3CH4.V/c1-4(2)5(6)3-7;;;;/h3-5H,6H2,1-2H3;3*1H4;/t5-;;;;/m1..../s1. The van der Waals surface area contributed by atoms with Gasteiger partial charge in [-0.2, -0.15) is 0 Å². The molecule has 0 fully saturated rings. The van der Waals surface area contributed by atoms with Crippen molar-refractivity contribution in [2.45, 2.75) is 42.2 Å². The van der Waals surface area contributed by atoms with Crippen LogP contribution in [-0.4, -0.2) is 12.3 Å². The summed E-state index contributed by atoms with van der Waals surface area (Å²) in [6.07, 6.45) is 0.769. The molecule has 0 heterocycles. The van der Waals surface area contributed by atoms with Crippen LogP contribution < -0.4 is 5.73 Å². The van der Waals surface area contributed by atoms with Gasteiger partial charge in [-0.3, -0.25) is 0 Å². The maximum absolute atomic E-state index is 9.82. The third kappa shape index (κ3) is 17.8. The van der Waals surface area contributed by atoms with E-state index >= 15 is 0 Å². The second kappa shape index (κ2) is 16.7. The predicted octanol–water partition coefficient (Wildman–Crippen LogP) is 2.07. The number of rotatable bonds is 2. The van der Waals surface area contributed by atoms with Crippen molar-refractivity contribution in [3.63, 3.8) is 0 Å². The molecule has 1 radical (unpaired) electrons. The molecule has 0 aromatic rings. The Morgan fingerprint density at radius 3 is 1.45 bits per heavy atom. The van der Waals surface area contributed by atoms with Gasteiger partial charge in [0.2, 0.25) is 0 Å². The summed E-state index contributed by atoms with van der Waals surface area (Å²) in [5, 5.41) is 0. The number of nitrogens with two attached hydrogens (primary N) is 1. The molecule has 0 aliphatic rings. The van der Waals surface area contributed by atoms with Crippen LogP contribution in [0.1, 0.15) is 36.1 Å². The summed E-state index contributed by atoms with van der Waals surface area (Å²) >= 11 is 0. The molecule has 0 aromatic carbocycles. The topological polar surface area (TPSA) is 43.1 Å². The first-order chi connectivity index (χ1) is 3.18. The van der Waals surface area contributed by atoms with E-state index in [2.05, 4.69) is 0 Å². The van der Waals surface area contributed by atoms with Crippen LogP contribution in [0.25, 0.3) is 0 Å². The molecule has 0 unspecified atom stereocenters. The van der Waals surface area contributed by atoms with Crippen molar-refractivity contribution in [1.29, 1.82) is 0 Å². The first kappa shape index (κ1) is 30.3. The van der Waals surface area contributed by atoms with Gasteiger partial charge in [-0.25, -0.2) is 0 Å². The van der Waals surface area contributed by atoms with Crippen molar-refractivity contribution < 1.29 is 23.4 Å². The Morgan fingerprint density at radius 1 is 1.18 bits per heavy atom. The third-order valence-electron chi connectivity index (χ3n) is 0.927. The fourth-order valence-corrected chi connectivity index (χ4v) is 0.157. The van der Waals surface area contributed by atoms with Gasteiger partial charge in [0.1, 0.15) is 6.29 Å². The molecular weight excluding hydrogens is 177 g/mol. The molecular formula is C8H23NOV. The fraction of sp³-hybridized carbons (Fsp3) is 0.875. The molecule has 0 rings (SSSR count). The predicted molar refractivity (Wildman–Crippen MR) is 49.1 cm³/mol. The maximum atomic E-state index is 9.82. The van der Waals surface area contributed by atoms with Crippen molar-refractivity contribution >= 4 is 6.29 Å². The van der Waals surface area contributed by atoms with Crippen LogP contribution in [0, 0.1) is 5.92 Å². The summed E-state index contributed by atoms with van der Waals surface area (Å²) in [5.41, 5.74) is 5.25. The molecule has 11 heavy (non-hydrogen) atoms. The monoisotopic (exact) mass is 200 g/mol. The minimum atomic E-state index is -0.278. The second-order valence-corrected chi connectivity index (χ2v) is 1.96. The molecule has 0 bridgehead atoms. The van der Waals surface area contributed by atoms with E-state index in [0.29, 0.717) is 0 Å². The molecule has 2 N–H and O–H groups in total. The zero-order valence-electron chi connectivity index (χ0n) is 5.16. The van der Waals surface area contributed by atoms with Gasteiger partial charge in [0.25, 0.3) is 0 Å². The summed E-state index contributed by atoms with van der Waals surface area (Å²) in [5.74, 6) is 0.275. The molecule has 2 nitrogen and oxygen atoms in total. The zero-order valence-corrected chi connectivity index (χ0v) is 6.56. The van der Waals surface area contributed by atoms with Crippen LogP contribution in [-0.2, 0) is 23.4 Å². The van der Waals surface area contributed by atoms with Crippen LogP contribution in [0.3, 0.4) is 0 Å². The Labute approximate surface area is 83.8 Å². The Balaban J connectivity index is -0.0000000300. The first-order valence-electron chi connectivity index (χ1n) is 2.39. The Kier molecular flexibility index (Phi) is 45.9. The van der Waals surface area contributed by atoms with Crippen LogP contribution >= 0.6 is 0 Å². The van der Waals surface area contributed by atoms with Gasteiger partial charge in [0, 0.05) is 18.6 Å². The van der Waals surface area contributed by atoms with E-state index < -0.39 is 0 Å². The van der Waals surface area contributed by atoms with Crippen LogP contribution in [0.5, 0.6) is 0 Å². The van der Waals surface area contributed by atoms with Gasteiger partial charge < -0.3 is 10.5 Å². The Bertz CT molecular complexity index is 67.1. The van der Waals surface area contributed by atoms with Crippen molar-refractivity contribution in [3.8, 4) is 0 Å². The van der Waals surface area contributed by atoms with Gasteiger partial charge in [-0.15, -0.1) is 0 Å². The Hall–Kier alpha value is 0.214. The smallest absolute Gasteiger partial charge is 0.136 e. The summed E-state index contributed by atoms with van der Waals surface area (Å²) < 4.78 is 0. The molecule has 0 aliphatic carbocycles. The van der Waals surface area contributed by atoms with Gasteiger partial charge in [-0.05, 0) is 5.92 Å². The summed E-state index contributed by atoms with van der Waals surface area (Å²) in [6.45, 7) is 3.83. The molecule has 0 aromatic heterocycles. The van der Waals surface area contributed by atoms with Crippen LogP contribution in [0.2, 0.25) is 0 Å². The number of carbonyl (C=O) groups is 1. The molecule has 71 valence electrons. The fourth-order valence-electron chi connectivity index (χ4n) is 0.157. The normalized spacial score (nSPS) is 9.09. The zero-order chi connectivity index (χ0) is 5.86. The number of aldehydes is 1. The van der Waals surface area contributed by atoms with Crippen molar-refractivity contribution in [3.05, 3.63) is 0 Å². The van der Waals surface area contributed by atoms with Gasteiger partial charge >= 0.3 is 0 Å². The molecule has 0 amide bonds. The SMILES string of the molecule is C.C.C.CC(C)[C@H](N)C=O.[V]. The van der Waals surface area contributed by atoms with E-state index in [-0.39, 0.29) is 52.8 Å². The van der Waals surface area contributed by atoms with Crippen molar-refractivity contribution in [2.24, 2.45) is 11.7 Å². The van der Waals surface area contributed by atoms with Gasteiger partial charge in [0.15, 0.2) is 0 Å². The van der Waals surface area contributed by atoms with E-state index in [1.807, 2.05) is 13.8 Å². The quantitative estimate of drug-likeness (QED) is 0.693. The van der Waals surface area contributed by atoms with E-state index in [1.165, 1.54) is 0 Å². The molecule has 3 heteroatoms. The number of carbonyl (C=O) groups excluding carboxylic acids is 1. The average molecular weight is 200 g/mol. The molecule has 0 saturated heterocycles. The molecule has 1 atom stereocenters. The van der Waals surface area contributed by atoms with Crippen LogP contribution in [0.15, 0.2) is 0 Å². The van der Waals surface area contributed by atoms with E-state index in [4.69, 9.17) is 5.73 Å². The van der Waals surface area contributed by atoms with Crippen molar-refractivity contribution in [2.75, 3.05) is 0 Å². The average Bonchev–Trinajstić information content (AvgIpc) is 1.65. The minimum absolute atomic E-state index is 0. The molecule has 0 spiro atoms. The number of hydrogen-bond donors (Lipinski definition) is 1. The van der Waals surface area contributed by atoms with Gasteiger partial charge in [0.05, 0.1) is 6.04 Å². The summed E-state index contributed by atoms with van der Waals surface area (Å²) in [4.78, 5) is 9.82. The van der Waals surface area contributed by atoms with E-state index in [1.54, 1.807) is 0 Å². The van der Waals surface area contributed by atoms with Gasteiger partial charge in [-0.1, -0.05) is 36.1 Å². The molecule has 0 aliphatic heterocycles. The van der Waals surface area contributed by atoms with E-state index in [0.717, 1.165) is 6.29 Å². The number of hydrogen-bond acceptors (Lipinski definition) is 2. The maximum Gasteiger partial charge on any atom is 0.136 e. The summed E-state index contributed by atoms with van der Waals surface area (Å²) in [6, 6.07) is -0.278. The van der Waals surface area contributed by atoms with E-state index in [9.17, 15) is 4.79 Å². The van der Waals surface area contributed by atoms with Crippen molar-refractivity contribution in [1.82, 2.24) is 0 Å². The first-order valence-corrected chi connectivity index (χ1v) is 2.39. The largest absolute Gasteiger partial charge is 0.322 e. The van der Waals surface area contributed by atoms with Crippen LogP contribution in [0.4, 0.5) is 0 Å². The molecule has 0 saturated carbocycles. The summed E-state index contributed by atoms with van der Waals surface area (Å²) in [7, 11) is 0.